The molecule has 6 nitrogen and oxygen atoms in total. The third-order valence-corrected chi connectivity index (χ3v) is 6.11. The Morgan fingerprint density at radius 3 is 2.74 bits per heavy atom. The van der Waals surface area contributed by atoms with Gasteiger partial charge in [0.2, 0.25) is 11.8 Å². The SMILES string of the molecule is CCOC1CC(N)(C(=O)NC(C)c2ccc3c(c2)CCC(=O)N3)C1(C)C.Cl. The molecule has 0 radical (unpaired) electrons. The first-order chi connectivity index (χ1) is 12.2. The van der Waals surface area contributed by atoms with Crippen LogP contribution in [-0.2, 0) is 20.7 Å². The number of hydrogen-bond acceptors (Lipinski definition) is 4. The van der Waals surface area contributed by atoms with Gasteiger partial charge < -0.3 is 21.1 Å². The van der Waals surface area contributed by atoms with Crippen LogP contribution in [0.2, 0.25) is 0 Å². The zero-order chi connectivity index (χ0) is 19.1. The summed E-state index contributed by atoms with van der Waals surface area (Å²) >= 11 is 0. The molecule has 1 fully saturated rings. The van der Waals surface area contributed by atoms with Crippen molar-refractivity contribution in [3.8, 4) is 0 Å². The lowest BCUT2D eigenvalue weighted by Crippen LogP contribution is -2.75. The van der Waals surface area contributed by atoms with Gasteiger partial charge in [-0.3, -0.25) is 9.59 Å². The number of ether oxygens (including phenoxy) is 1. The summed E-state index contributed by atoms with van der Waals surface area (Å²) in [5.41, 5.74) is 8.09. The number of carbonyl (C=O) groups is 2. The highest BCUT2D eigenvalue weighted by molar-refractivity contribution is 5.94. The standard InChI is InChI=1S/C20H29N3O3.ClH/c1-5-26-16-11-20(21,19(16,3)4)18(25)22-12(2)13-6-8-15-14(10-13)7-9-17(24)23-15;/h6,8,10,12,16H,5,7,9,11,21H2,1-4H3,(H,22,25)(H,23,24);1H. The van der Waals surface area contributed by atoms with Crippen molar-refractivity contribution in [2.45, 2.75) is 64.6 Å². The molecule has 3 rings (SSSR count). The average Bonchev–Trinajstić information content (AvgIpc) is 2.60. The maximum absolute atomic E-state index is 12.9. The number of aryl methyl sites for hydroxylation is 1. The Morgan fingerprint density at radius 2 is 2.11 bits per heavy atom. The molecule has 1 aromatic rings. The summed E-state index contributed by atoms with van der Waals surface area (Å²) in [6.45, 7) is 8.50. The average molecular weight is 396 g/mol. The Bertz CT molecular complexity index is 737. The summed E-state index contributed by atoms with van der Waals surface area (Å²) in [4.78, 5) is 24.4. The minimum atomic E-state index is -0.927. The van der Waals surface area contributed by atoms with E-state index >= 15 is 0 Å². The number of rotatable bonds is 5. The van der Waals surface area contributed by atoms with Crippen molar-refractivity contribution in [3.63, 3.8) is 0 Å². The van der Waals surface area contributed by atoms with E-state index in [4.69, 9.17) is 10.5 Å². The predicted octanol–water partition coefficient (Wildman–Crippen LogP) is 2.70. The molecule has 1 aliphatic carbocycles. The molecule has 1 saturated carbocycles. The van der Waals surface area contributed by atoms with Crippen LogP contribution < -0.4 is 16.4 Å². The van der Waals surface area contributed by atoms with Crippen LogP contribution in [0.3, 0.4) is 0 Å². The molecule has 1 heterocycles. The van der Waals surface area contributed by atoms with E-state index in [0.29, 0.717) is 19.4 Å². The molecule has 3 unspecified atom stereocenters. The van der Waals surface area contributed by atoms with Crippen LogP contribution in [0.25, 0.3) is 0 Å². The van der Waals surface area contributed by atoms with Gasteiger partial charge in [-0.2, -0.15) is 0 Å². The van der Waals surface area contributed by atoms with E-state index in [1.807, 2.05) is 39.8 Å². The van der Waals surface area contributed by atoms with Gasteiger partial charge in [-0.25, -0.2) is 0 Å². The Labute approximate surface area is 167 Å². The van der Waals surface area contributed by atoms with Gasteiger partial charge in [0.1, 0.15) is 5.54 Å². The summed E-state index contributed by atoms with van der Waals surface area (Å²) in [5.74, 6) is -0.0929. The van der Waals surface area contributed by atoms with E-state index in [-0.39, 0.29) is 36.4 Å². The number of hydrogen-bond donors (Lipinski definition) is 3. The van der Waals surface area contributed by atoms with Gasteiger partial charge in [0, 0.05) is 30.6 Å². The van der Waals surface area contributed by atoms with Crippen molar-refractivity contribution in [3.05, 3.63) is 29.3 Å². The molecule has 2 amide bonds. The molecule has 3 atom stereocenters. The second kappa shape index (κ2) is 7.78. The fraction of sp³-hybridized carbons (Fsp3) is 0.600. The van der Waals surface area contributed by atoms with Gasteiger partial charge in [-0.15, -0.1) is 12.4 Å². The highest BCUT2D eigenvalue weighted by atomic mass is 35.5. The summed E-state index contributed by atoms with van der Waals surface area (Å²) in [7, 11) is 0. The lowest BCUT2D eigenvalue weighted by Gasteiger charge is -2.57. The molecule has 0 aromatic heterocycles. The number of halogens is 1. The second-order valence-electron chi connectivity index (χ2n) is 8.00. The first-order valence-corrected chi connectivity index (χ1v) is 9.33. The smallest absolute Gasteiger partial charge is 0.241 e. The molecule has 27 heavy (non-hydrogen) atoms. The van der Waals surface area contributed by atoms with Crippen LogP contribution in [0, 0.1) is 5.41 Å². The van der Waals surface area contributed by atoms with Crippen LogP contribution in [0.4, 0.5) is 5.69 Å². The quantitative estimate of drug-likeness (QED) is 0.714. The number of nitrogens with two attached hydrogens (primary N) is 1. The van der Waals surface area contributed by atoms with Crippen LogP contribution in [-0.4, -0.2) is 30.1 Å². The van der Waals surface area contributed by atoms with Crippen LogP contribution >= 0.6 is 12.4 Å². The normalized spacial score (nSPS) is 26.7. The Balaban J connectivity index is 0.00000261. The van der Waals surface area contributed by atoms with Gasteiger partial charge >= 0.3 is 0 Å². The Morgan fingerprint density at radius 1 is 1.41 bits per heavy atom. The fourth-order valence-electron chi connectivity index (χ4n) is 3.90. The first-order valence-electron chi connectivity index (χ1n) is 9.33. The van der Waals surface area contributed by atoms with Crippen molar-refractivity contribution in [2.24, 2.45) is 11.1 Å². The zero-order valence-electron chi connectivity index (χ0n) is 16.4. The van der Waals surface area contributed by atoms with Crippen molar-refractivity contribution >= 4 is 29.9 Å². The first kappa shape index (κ1) is 21.7. The lowest BCUT2D eigenvalue weighted by molar-refractivity contribution is -0.171. The van der Waals surface area contributed by atoms with Crippen molar-refractivity contribution in [2.75, 3.05) is 11.9 Å². The van der Waals surface area contributed by atoms with Crippen molar-refractivity contribution in [1.82, 2.24) is 5.32 Å². The molecule has 0 spiro atoms. The van der Waals surface area contributed by atoms with Crippen LogP contribution in [0.5, 0.6) is 0 Å². The minimum absolute atomic E-state index is 0. The number of nitrogens with one attached hydrogen (secondary N) is 2. The molecular weight excluding hydrogens is 366 g/mol. The Hall–Kier alpha value is -1.63. The number of fused-ring (bicyclic) bond motifs is 1. The van der Waals surface area contributed by atoms with Crippen molar-refractivity contribution < 1.29 is 14.3 Å². The van der Waals surface area contributed by atoms with Gasteiger partial charge in [-0.05, 0) is 37.5 Å². The molecule has 0 saturated heterocycles. The third-order valence-electron chi connectivity index (χ3n) is 6.11. The highest BCUT2D eigenvalue weighted by Crippen LogP contribution is 2.50. The van der Waals surface area contributed by atoms with E-state index in [0.717, 1.165) is 23.2 Å². The van der Waals surface area contributed by atoms with E-state index in [9.17, 15) is 9.59 Å². The van der Waals surface area contributed by atoms with Crippen LogP contribution in [0.1, 0.15) is 57.7 Å². The molecule has 1 aromatic carbocycles. The summed E-state index contributed by atoms with van der Waals surface area (Å²) in [5, 5.41) is 5.94. The molecule has 7 heteroatoms. The number of benzene rings is 1. The van der Waals surface area contributed by atoms with Crippen LogP contribution in [0.15, 0.2) is 18.2 Å². The molecule has 4 N–H and O–H groups in total. The van der Waals surface area contributed by atoms with Gasteiger partial charge in [-0.1, -0.05) is 26.0 Å². The molecular formula is C20H30ClN3O3. The number of carbonyl (C=O) groups excluding carboxylic acids is 2. The monoisotopic (exact) mass is 395 g/mol. The molecule has 1 aliphatic heterocycles. The largest absolute Gasteiger partial charge is 0.378 e. The molecule has 2 aliphatic rings. The highest BCUT2D eigenvalue weighted by Gasteiger charge is 2.62. The van der Waals surface area contributed by atoms with E-state index in [1.54, 1.807) is 0 Å². The molecule has 0 bridgehead atoms. The topological polar surface area (TPSA) is 93.4 Å². The summed E-state index contributed by atoms with van der Waals surface area (Å²) in [6.07, 6.45) is 1.75. The lowest BCUT2D eigenvalue weighted by atomic mass is 9.54. The van der Waals surface area contributed by atoms with E-state index in [2.05, 4.69) is 16.7 Å². The second-order valence-corrected chi connectivity index (χ2v) is 8.00. The maximum atomic E-state index is 12.9. The van der Waals surface area contributed by atoms with E-state index in [1.165, 1.54) is 0 Å². The van der Waals surface area contributed by atoms with Gasteiger partial charge in [0.15, 0.2) is 0 Å². The Kier molecular flexibility index (Phi) is 6.24. The number of amides is 2. The minimum Gasteiger partial charge on any atom is -0.378 e. The third kappa shape index (κ3) is 3.71. The van der Waals surface area contributed by atoms with Gasteiger partial charge in [0.25, 0.3) is 0 Å². The molecule has 150 valence electrons. The van der Waals surface area contributed by atoms with Gasteiger partial charge in [0.05, 0.1) is 12.1 Å². The number of anilines is 1. The summed E-state index contributed by atoms with van der Waals surface area (Å²) < 4.78 is 5.70. The fourth-order valence-corrected chi connectivity index (χ4v) is 3.90. The predicted molar refractivity (Wildman–Crippen MR) is 108 cm³/mol. The summed E-state index contributed by atoms with van der Waals surface area (Å²) in [6, 6.07) is 5.74. The van der Waals surface area contributed by atoms with E-state index < -0.39 is 11.0 Å². The van der Waals surface area contributed by atoms with Crippen molar-refractivity contribution in [1.29, 1.82) is 0 Å². The zero-order valence-corrected chi connectivity index (χ0v) is 17.2. The maximum Gasteiger partial charge on any atom is 0.241 e.